The minimum atomic E-state index is -1.37. The molecule has 0 amide bonds. The number of rotatable bonds is 3. The van der Waals surface area contributed by atoms with Gasteiger partial charge in [0.2, 0.25) is 0 Å². The van der Waals surface area contributed by atoms with Crippen LogP contribution in [0.4, 0.5) is 0 Å². The van der Waals surface area contributed by atoms with Crippen LogP contribution in [0.25, 0.3) is 0 Å². The Hall–Kier alpha value is 0.490. The smallest absolute Gasteiger partial charge is 0.187 e. The molecule has 1 fully saturated rings. The molecule has 1 rings (SSSR count). The lowest BCUT2D eigenvalue weighted by Crippen LogP contribution is -2.59. The lowest BCUT2D eigenvalue weighted by atomic mass is 9.99. The maximum absolute atomic E-state index is 9.41. The monoisotopic (exact) mass is 316 g/mol. The zero-order chi connectivity index (χ0) is 10.7. The summed E-state index contributed by atoms with van der Waals surface area (Å²) in [5.41, 5.74) is 0. The van der Waals surface area contributed by atoms with Crippen molar-refractivity contribution in [3.05, 3.63) is 0 Å². The normalized spacial score (nSPS) is 43.9. The van der Waals surface area contributed by atoms with Crippen LogP contribution in [0.1, 0.15) is 0 Å². The van der Waals surface area contributed by atoms with Crippen LogP contribution in [0.5, 0.6) is 0 Å². The van der Waals surface area contributed by atoms with Crippen molar-refractivity contribution < 1.29 is 29.9 Å². The third-order valence-corrected chi connectivity index (χ3v) is 2.44. The van der Waals surface area contributed by atoms with Gasteiger partial charge in [0.1, 0.15) is 29.0 Å². The second kappa shape index (κ2) is 5.54. The van der Waals surface area contributed by atoms with E-state index < -0.39 is 37.3 Å². The molecule has 6 nitrogen and oxygen atoms in total. The molecule has 0 aromatic carbocycles. The van der Waals surface area contributed by atoms with Crippen LogP contribution in [0.2, 0.25) is 0 Å². The van der Waals surface area contributed by atoms with Crippen LogP contribution in [0.15, 0.2) is 0 Å². The average molecular weight is 316 g/mol. The zero-order valence-electron chi connectivity index (χ0n) is 7.28. The third-order valence-electron chi connectivity index (χ3n) is 2.08. The molecule has 1 saturated heterocycles. The van der Waals surface area contributed by atoms with Crippen molar-refractivity contribution in [3.8, 4) is 0 Å². The van der Waals surface area contributed by atoms with Crippen LogP contribution in [0.3, 0.4) is 0 Å². The van der Waals surface area contributed by atoms with Crippen molar-refractivity contribution in [2.24, 2.45) is 0 Å². The number of aliphatic hydroxyl groups excluding tert-OH is 4. The Labute approximate surface area is 94.6 Å². The van der Waals surface area contributed by atoms with Gasteiger partial charge in [-0.05, 0) is 0 Å². The molecule has 1 aliphatic heterocycles. The van der Waals surface area contributed by atoms with E-state index in [1.54, 1.807) is 0 Å². The minimum Gasteiger partial charge on any atom is -0.394 e. The first-order valence-electron chi connectivity index (χ1n) is 4.10. The quantitative estimate of drug-likeness (QED) is 0.362. The number of hydrogen-bond donors (Lipinski definition) is 4. The second-order valence-corrected chi connectivity index (χ2v) is 3.60. The molecule has 0 bridgehead atoms. The largest absolute Gasteiger partial charge is 0.394 e. The molecule has 7 heteroatoms. The summed E-state index contributed by atoms with van der Waals surface area (Å²) in [7, 11) is 0. The first-order valence-corrected chi connectivity index (χ1v) is 5.62. The predicted octanol–water partition coefficient (Wildman–Crippen LogP) is -1.80. The molecule has 0 spiro atoms. The number of halogens is 1. The Morgan fingerprint density at radius 3 is 2.29 bits per heavy atom. The van der Waals surface area contributed by atoms with E-state index in [0.717, 1.165) is 0 Å². The molecule has 14 heavy (non-hydrogen) atoms. The molecule has 0 aromatic heterocycles. The molecule has 84 valence electrons. The van der Waals surface area contributed by atoms with Gasteiger partial charge in [0, 0.05) is 0 Å². The fourth-order valence-electron chi connectivity index (χ4n) is 1.27. The summed E-state index contributed by atoms with van der Waals surface area (Å²) in [4.78, 5) is 0. The van der Waals surface area contributed by atoms with E-state index in [4.69, 9.17) is 14.6 Å². The van der Waals surface area contributed by atoms with Crippen molar-refractivity contribution in [1.29, 1.82) is 0 Å². The Morgan fingerprint density at radius 2 is 1.79 bits per heavy atom. The average Bonchev–Trinajstić information content (AvgIpc) is 2.19. The molecule has 0 saturated carbocycles. The third kappa shape index (κ3) is 2.54. The van der Waals surface area contributed by atoms with Gasteiger partial charge >= 0.3 is 0 Å². The summed E-state index contributed by atoms with van der Waals surface area (Å²) in [5, 5.41) is 36.9. The number of ether oxygens (including phenoxy) is 2. The lowest BCUT2D eigenvalue weighted by Gasteiger charge is -2.39. The second-order valence-electron chi connectivity index (χ2n) is 2.97. The summed E-state index contributed by atoms with van der Waals surface area (Å²) in [6.07, 6.45) is -5.91. The van der Waals surface area contributed by atoms with Crippen molar-refractivity contribution in [2.75, 3.05) is 11.2 Å². The van der Waals surface area contributed by atoms with E-state index in [-0.39, 0.29) is 4.61 Å². The van der Waals surface area contributed by atoms with Crippen molar-refractivity contribution in [1.82, 2.24) is 0 Å². The van der Waals surface area contributed by atoms with Crippen molar-refractivity contribution in [2.45, 2.75) is 30.7 Å². The Balaban J connectivity index is 2.63. The highest BCUT2D eigenvalue weighted by Crippen LogP contribution is 2.22. The van der Waals surface area contributed by atoms with Gasteiger partial charge in [-0.3, -0.25) is 0 Å². The van der Waals surface area contributed by atoms with Crippen LogP contribution in [-0.4, -0.2) is 62.4 Å². The summed E-state index contributed by atoms with van der Waals surface area (Å²) >= 11 is 1.91. The highest BCUT2D eigenvalue weighted by atomic mass is 123. The molecular formula is C7H13IO6. The highest BCUT2D eigenvalue weighted by molar-refractivity contribution is 14.1. The number of hydrogen-bond acceptors (Lipinski definition) is 6. The fraction of sp³-hybridized carbons (Fsp3) is 1.00. The van der Waals surface area contributed by atoms with Gasteiger partial charge in [0.25, 0.3) is 0 Å². The van der Waals surface area contributed by atoms with Gasteiger partial charge in [-0.25, -0.2) is 0 Å². The molecular weight excluding hydrogens is 303 g/mol. The lowest BCUT2D eigenvalue weighted by molar-refractivity contribution is -0.295. The minimum absolute atomic E-state index is 0.278. The van der Waals surface area contributed by atoms with E-state index in [1.807, 2.05) is 22.6 Å². The van der Waals surface area contributed by atoms with Gasteiger partial charge in [-0.2, -0.15) is 0 Å². The highest BCUT2D eigenvalue weighted by Gasteiger charge is 2.43. The molecule has 0 radical (unpaired) electrons. The van der Waals surface area contributed by atoms with Gasteiger partial charge in [-0.15, -0.1) is 0 Å². The first-order chi connectivity index (χ1) is 6.61. The van der Waals surface area contributed by atoms with E-state index in [2.05, 4.69) is 0 Å². The first kappa shape index (κ1) is 12.6. The van der Waals surface area contributed by atoms with Crippen LogP contribution < -0.4 is 0 Å². The van der Waals surface area contributed by atoms with E-state index in [9.17, 15) is 15.3 Å². The summed E-state index contributed by atoms with van der Waals surface area (Å²) < 4.78 is 10.3. The van der Waals surface area contributed by atoms with Gasteiger partial charge in [-0.1, -0.05) is 22.6 Å². The van der Waals surface area contributed by atoms with Crippen molar-refractivity contribution in [3.63, 3.8) is 0 Å². The molecule has 4 N–H and O–H groups in total. The molecule has 0 aromatic rings. The molecule has 5 atom stereocenters. The summed E-state index contributed by atoms with van der Waals surface area (Å²) in [6, 6.07) is 0. The Morgan fingerprint density at radius 1 is 1.14 bits per heavy atom. The maximum atomic E-state index is 9.41. The molecule has 1 heterocycles. The topological polar surface area (TPSA) is 99.4 Å². The van der Waals surface area contributed by atoms with Crippen LogP contribution in [-0.2, 0) is 9.47 Å². The Kier molecular flexibility index (Phi) is 4.97. The summed E-state index contributed by atoms with van der Waals surface area (Å²) in [5.74, 6) is 0. The van der Waals surface area contributed by atoms with Crippen LogP contribution >= 0.6 is 22.6 Å². The standard InChI is InChI=1S/C7H13IO6/c8-2-13-7-6(12)5(11)4(10)3(1-9)14-7/h3-7,9-12H,1-2H2/t3-,4-,5+,6+,7?/m1/s1/i8-4. The van der Waals surface area contributed by atoms with Gasteiger partial charge in [0.15, 0.2) is 6.29 Å². The van der Waals surface area contributed by atoms with Crippen molar-refractivity contribution >= 4 is 22.6 Å². The maximum Gasteiger partial charge on any atom is 0.187 e. The predicted molar refractivity (Wildman–Crippen MR) is 53.7 cm³/mol. The van der Waals surface area contributed by atoms with Gasteiger partial charge < -0.3 is 29.9 Å². The van der Waals surface area contributed by atoms with Crippen LogP contribution in [0, 0.1) is 0 Å². The van der Waals surface area contributed by atoms with E-state index in [1.165, 1.54) is 0 Å². The summed E-state index contributed by atoms with van der Waals surface area (Å²) in [6.45, 7) is -0.438. The Bertz CT molecular complexity index is 176. The molecule has 1 aliphatic rings. The molecule has 0 aliphatic carbocycles. The zero-order valence-corrected chi connectivity index (χ0v) is 9.44. The SMILES string of the molecule is OC[C@H]1OC(OC[123I])[C@@H](O)[C@@H](O)[C@@H]1O. The van der Waals surface area contributed by atoms with E-state index in [0.29, 0.717) is 0 Å². The number of aliphatic hydroxyl groups is 4. The van der Waals surface area contributed by atoms with E-state index >= 15 is 0 Å². The van der Waals surface area contributed by atoms with Gasteiger partial charge in [0.05, 0.1) is 6.61 Å². The fourth-order valence-corrected chi connectivity index (χ4v) is 1.62. The number of alkyl halides is 1. The molecule has 1 unspecified atom stereocenters.